The molecule has 17 heavy (non-hydrogen) atoms. The molecule has 0 aliphatic rings. The first-order valence-electron chi connectivity index (χ1n) is 6.16. The molecular weight excluding hydrogens is 212 g/mol. The van der Waals surface area contributed by atoms with Gasteiger partial charge in [-0.25, -0.2) is 0 Å². The van der Waals surface area contributed by atoms with Gasteiger partial charge < -0.3 is 9.47 Å². The Labute approximate surface area is 105 Å². The predicted molar refractivity (Wildman–Crippen MR) is 72.0 cm³/mol. The SMILES string of the molecule is CCC(c1ccc(OC)c(OC)c1)C(C)(C)C. The van der Waals surface area contributed by atoms with E-state index >= 15 is 0 Å². The molecule has 0 amide bonds. The van der Waals surface area contributed by atoms with Gasteiger partial charge in [0.05, 0.1) is 14.2 Å². The van der Waals surface area contributed by atoms with E-state index in [0.717, 1.165) is 17.9 Å². The molecule has 0 bridgehead atoms. The van der Waals surface area contributed by atoms with Crippen molar-refractivity contribution in [2.45, 2.75) is 40.0 Å². The van der Waals surface area contributed by atoms with Gasteiger partial charge in [-0.05, 0) is 35.4 Å². The Balaban J connectivity index is 3.14. The Bertz CT molecular complexity index is 364. The second-order valence-electron chi connectivity index (χ2n) is 5.44. The van der Waals surface area contributed by atoms with Crippen molar-refractivity contribution in [1.82, 2.24) is 0 Å². The Kier molecular flexibility index (Phi) is 4.44. The first kappa shape index (κ1) is 13.9. The smallest absolute Gasteiger partial charge is 0.160 e. The van der Waals surface area contributed by atoms with Crippen LogP contribution in [0, 0.1) is 5.41 Å². The fourth-order valence-corrected chi connectivity index (χ4v) is 2.42. The van der Waals surface area contributed by atoms with Crippen molar-refractivity contribution >= 4 is 0 Å². The monoisotopic (exact) mass is 236 g/mol. The van der Waals surface area contributed by atoms with Gasteiger partial charge in [-0.2, -0.15) is 0 Å². The zero-order valence-electron chi connectivity index (χ0n) is 11.8. The van der Waals surface area contributed by atoms with E-state index in [4.69, 9.17) is 9.47 Å². The summed E-state index contributed by atoms with van der Waals surface area (Å²) in [5.74, 6) is 2.13. The predicted octanol–water partition coefficient (Wildman–Crippen LogP) is 4.24. The van der Waals surface area contributed by atoms with Crippen LogP contribution >= 0.6 is 0 Å². The minimum atomic E-state index is 0.258. The Morgan fingerprint density at radius 3 is 2.06 bits per heavy atom. The maximum absolute atomic E-state index is 5.36. The van der Waals surface area contributed by atoms with Crippen LogP contribution in [-0.4, -0.2) is 14.2 Å². The zero-order chi connectivity index (χ0) is 13.1. The van der Waals surface area contributed by atoms with E-state index in [9.17, 15) is 0 Å². The first-order chi connectivity index (χ1) is 7.93. The minimum Gasteiger partial charge on any atom is -0.493 e. The summed E-state index contributed by atoms with van der Waals surface area (Å²) in [5.41, 5.74) is 1.58. The van der Waals surface area contributed by atoms with E-state index in [1.165, 1.54) is 5.56 Å². The number of methoxy groups -OCH3 is 2. The number of benzene rings is 1. The molecule has 0 radical (unpaired) electrons. The van der Waals surface area contributed by atoms with Crippen molar-refractivity contribution in [3.05, 3.63) is 23.8 Å². The van der Waals surface area contributed by atoms with Crippen LogP contribution < -0.4 is 9.47 Å². The summed E-state index contributed by atoms with van der Waals surface area (Å²) in [6.07, 6.45) is 1.12. The van der Waals surface area contributed by atoms with Crippen LogP contribution in [0.1, 0.15) is 45.6 Å². The van der Waals surface area contributed by atoms with Gasteiger partial charge in [-0.3, -0.25) is 0 Å². The fraction of sp³-hybridized carbons (Fsp3) is 0.600. The maximum atomic E-state index is 5.36. The number of hydrogen-bond donors (Lipinski definition) is 0. The summed E-state index contributed by atoms with van der Waals surface area (Å²) in [6.45, 7) is 9.06. The van der Waals surface area contributed by atoms with Crippen molar-refractivity contribution in [2.75, 3.05) is 14.2 Å². The third-order valence-electron chi connectivity index (χ3n) is 3.26. The van der Waals surface area contributed by atoms with Crippen LogP contribution in [0.25, 0.3) is 0 Å². The van der Waals surface area contributed by atoms with Crippen LogP contribution in [0.15, 0.2) is 18.2 Å². The summed E-state index contributed by atoms with van der Waals surface area (Å²) >= 11 is 0. The van der Waals surface area contributed by atoms with Crippen LogP contribution in [0.3, 0.4) is 0 Å². The van der Waals surface area contributed by atoms with Gasteiger partial charge in [-0.15, -0.1) is 0 Å². The van der Waals surface area contributed by atoms with Crippen LogP contribution in [0.5, 0.6) is 11.5 Å². The van der Waals surface area contributed by atoms with Gasteiger partial charge in [0.1, 0.15) is 0 Å². The molecule has 2 nitrogen and oxygen atoms in total. The van der Waals surface area contributed by atoms with Gasteiger partial charge in [0.25, 0.3) is 0 Å². The molecule has 0 heterocycles. The summed E-state index contributed by atoms with van der Waals surface area (Å²) in [5, 5.41) is 0. The lowest BCUT2D eigenvalue weighted by Crippen LogP contribution is -2.17. The summed E-state index contributed by atoms with van der Waals surface area (Å²) in [7, 11) is 3.35. The van der Waals surface area contributed by atoms with Crippen molar-refractivity contribution in [1.29, 1.82) is 0 Å². The van der Waals surface area contributed by atoms with Crippen molar-refractivity contribution < 1.29 is 9.47 Å². The highest BCUT2D eigenvalue weighted by Gasteiger charge is 2.25. The van der Waals surface area contributed by atoms with Crippen molar-refractivity contribution in [3.8, 4) is 11.5 Å². The Morgan fingerprint density at radius 1 is 1.06 bits per heavy atom. The summed E-state index contributed by atoms with van der Waals surface area (Å²) in [4.78, 5) is 0. The van der Waals surface area contributed by atoms with E-state index in [1.807, 2.05) is 6.07 Å². The number of ether oxygens (including phenoxy) is 2. The molecule has 1 atom stereocenters. The van der Waals surface area contributed by atoms with Crippen LogP contribution in [-0.2, 0) is 0 Å². The standard InChI is InChI=1S/C15H24O2/c1-7-12(15(2,3)4)11-8-9-13(16-5)14(10-11)17-6/h8-10,12H,7H2,1-6H3. The van der Waals surface area contributed by atoms with Gasteiger partial charge in [-0.1, -0.05) is 33.8 Å². The quantitative estimate of drug-likeness (QED) is 0.778. The molecule has 1 aromatic rings. The average molecular weight is 236 g/mol. The summed E-state index contributed by atoms with van der Waals surface area (Å²) < 4.78 is 10.6. The van der Waals surface area contributed by atoms with Gasteiger partial charge in [0, 0.05) is 0 Å². The highest BCUT2D eigenvalue weighted by Crippen LogP contribution is 2.40. The molecule has 2 heteroatoms. The lowest BCUT2D eigenvalue weighted by Gasteiger charge is -2.30. The zero-order valence-corrected chi connectivity index (χ0v) is 11.8. The molecule has 0 aliphatic carbocycles. The molecule has 0 aromatic heterocycles. The lowest BCUT2D eigenvalue weighted by atomic mass is 9.75. The highest BCUT2D eigenvalue weighted by atomic mass is 16.5. The first-order valence-corrected chi connectivity index (χ1v) is 6.16. The van der Waals surface area contributed by atoms with E-state index in [0.29, 0.717) is 5.92 Å². The largest absolute Gasteiger partial charge is 0.493 e. The molecular formula is C15H24O2. The van der Waals surface area contributed by atoms with E-state index in [2.05, 4.69) is 39.8 Å². The Hall–Kier alpha value is -1.18. The number of hydrogen-bond acceptors (Lipinski definition) is 2. The molecule has 0 fully saturated rings. The van der Waals surface area contributed by atoms with Gasteiger partial charge in [0.2, 0.25) is 0 Å². The van der Waals surface area contributed by atoms with Crippen molar-refractivity contribution in [3.63, 3.8) is 0 Å². The van der Waals surface area contributed by atoms with Gasteiger partial charge >= 0.3 is 0 Å². The maximum Gasteiger partial charge on any atom is 0.160 e. The molecule has 0 aliphatic heterocycles. The molecule has 96 valence electrons. The van der Waals surface area contributed by atoms with Crippen molar-refractivity contribution in [2.24, 2.45) is 5.41 Å². The topological polar surface area (TPSA) is 18.5 Å². The van der Waals surface area contributed by atoms with Crippen LogP contribution in [0.4, 0.5) is 0 Å². The molecule has 1 unspecified atom stereocenters. The van der Waals surface area contributed by atoms with Crippen LogP contribution in [0.2, 0.25) is 0 Å². The Morgan fingerprint density at radius 2 is 1.65 bits per heavy atom. The third kappa shape index (κ3) is 3.15. The third-order valence-corrected chi connectivity index (χ3v) is 3.26. The van der Waals surface area contributed by atoms with E-state index in [1.54, 1.807) is 14.2 Å². The molecule has 0 spiro atoms. The molecule has 1 rings (SSSR count). The second-order valence-corrected chi connectivity index (χ2v) is 5.44. The highest BCUT2D eigenvalue weighted by molar-refractivity contribution is 5.44. The van der Waals surface area contributed by atoms with Gasteiger partial charge in [0.15, 0.2) is 11.5 Å². The van der Waals surface area contributed by atoms with E-state index < -0.39 is 0 Å². The normalized spacial score (nSPS) is 13.3. The molecule has 0 saturated heterocycles. The molecule has 1 aromatic carbocycles. The lowest BCUT2D eigenvalue weighted by molar-refractivity contribution is 0.309. The second kappa shape index (κ2) is 5.44. The average Bonchev–Trinajstić information content (AvgIpc) is 2.27. The molecule has 0 saturated carbocycles. The van der Waals surface area contributed by atoms with E-state index in [-0.39, 0.29) is 5.41 Å². The fourth-order valence-electron chi connectivity index (χ4n) is 2.42. The minimum absolute atomic E-state index is 0.258. The molecule has 0 N–H and O–H groups in total. The summed E-state index contributed by atoms with van der Waals surface area (Å²) in [6, 6.07) is 6.22. The number of rotatable bonds is 4.